The number of hydrogen-bond donors (Lipinski definition) is 3. The molecule has 5 nitrogen and oxygen atoms in total. The molecular formula is C21H24ClN3O2S. The zero-order valence-corrected chi connectivity index (χ0v) is 17.7. The number of carbonyl (C=O) groups excluding carboxylic acids is 2. The second-order valence-electron chi connectivity index (χ2n) is 6.68. The second-order valence-corrected chi connectivity index (χ2v) is 7.49. The van der Waals surface area contributed by atoms with E-state index in [2.05, 4.69) is 29.8 Å². The van der Waals surface area contributed by atoms with Crippen LogP contribution in [0.15, 0.2) is 42.5 Å². The molecule has 2 rings (SSSR count). The van der Waals surface area contributed by atoms with Crippen molar-refractivity contribution in [3.05, 3.63) is 58.6 Å². The van der Waals surface area contributed by atoms with Crippen LogP contribution in [0.25, 0.3) is 0 Å². The number of halogens is 1. The van der Waals surface area contributed by atoms with Gasteiger partial charge >= 0.3 is 0 Å². The number of anilines is 2. The van der Waals surface area contributed by atoms with Crippen LogP contribution < -0.4 is 16.0 Å². The largest absolute Gasteiger partial charge is 0.331 e. The van der Waals surface area contributed by atoms with Gasteiger partial charge in [0.2, 0.25) is 5.91 Å². The summed E-state index contributed by atoms with van der Waals surface area (Å²) in [5, 5.41) is 8.88. The summed E-state index contributed by atoms with van der Waals surface area (Å²) < 4.78 is 0. The molecule has 0 aliphatic carbocycles. The minimum atomic E-state index is -0.309. The van der Waals surface area contributed by atoms with Crippen molar-refractivity contribution < 1.29 is 9.59 Å². The third-order valence-corrected chi connectivity index (χ3v) is 4.58. The van der Waals surface area contributed by atoms with Crippen molar-refractivity contribution in [3.63, 3.8) is 0 Å². The Morgan fingerprint density at radius 1 is 1.07 bits per heavy atom. The van der Waals surface area contributed by atoms with Gasteiger partial charge in [-0.1, -0.05) is 44.5 Å². The van der Waals surface area contributed by atoms with Crippen LogP contribution in [0.3, 0.4) is 0 Å². The highest BCUT2D eigenvalue weighted by Crippen LogP contribution is 2.25. The normalized spacial score (nSPS) is 10.5. The standard InChI is InChI=1S/C21H24ClN3O2S/c1-4-5-19(26)23-16-10-11-17(22)18(12-16)24-21(28)25-20(27)15-8-6-14(7-9-15)13(2)3/h6-13H,4-5H2,1-3H3,(H,23,26)(H2,24,25,27,28). The Bertz CT molecular complexity index is 866. The topological polar surface area (TPSA) is 70.2 Å². The summed E-state index contributed by atoms with van der Waals surface area (Å²) in [5.74, 6) is 0.0138. The molecule has 0 heterocycles. The summed E-state index contributed by atoms with van der Waals surface area (Å²) in [4.78, 5) is 24.1. The lowest BCUT2D eigenvalue weighted by Gasteiger charge is -2.13. The SMILES string of the molecule is CCCC(=O)Nc1ccc(Cl)c(NC(=S)NC(=O)c2ccc(C(C)C)cc2)c1. The van der Waals surface area contributed by atoms with E-state index < -0.39 is 0 Å². The van der Waals surface area contributed by atoms with Gasteiger partial charge in [-0.3, -0.25) is 14.9 Å². The lowest BCUT2D eigenvalue weighted by Crippen LogP contribution is -2.34. The maximum absolute atomic E-state index is 12.4. The van der Waals surface area contributed by atoms with Gasteiger partial charge in [0.1, 0.15) is 0 Å². The Kier molecular flexibility index (Phi) is 7.96. The van der Waals surface area contributed by atoms with Crippen LogP contribution in [0.4, 0.5) is 11.4 Å². The van der Waals surface area contributed by atoms with Crippen molar-refractivity contribution in [1.82, 2.24) is 5.32 Å². The van der Waals surface area contributed by atoms with E-state index in [1.165, 1.54) is 0 Å². The Balaban J connectivity index is 2.01. The smallest absolute Gasteiger partial charge is 0.257 e. The van der Waals surface area contributed by atoms with Crippen molar-refractivity contribution >= 4 is 52.1 Å². The predicted molar refractivity (Wildman–Crippen MR) is 119 cm³/mol. The fraction of sp³-hybridized carbons (Fsp3) is 0.286. The Morgan fingerprint density at radius 3 is 2.36 bits per heavy atom. The molecule has 0 aliphatic heterocycles. The number of hydrogen-bond acceptors (Lipinski definition) is 3. The van der Waals surface area contributed by atoms with E-state index in [0.29, 0.717) is 34.3 Å². The second kappa shape index (κ2) is 10.2. The van der Waals surface area contributed by atoms with Gasteiger partial charge in [-0.25, -0.2) is 0 Å². The van der Waals surface area contributed by atoms with Gasteiger partial charge in [0.25, 0.3) is 5.91 Å². The van der Waals surface area contributed by atoms with Crippen LogP contribution in [0.1, 0.15) is 55.5 Å². The number of rotatable bonds is 6. The van der Waals surface area contributed by atoms with Crippen LogP contribution in [0, 0.1) is 0 Å². The minimum absolute atomic E-state index is 0.0727. The van der Waals surface area contributed by atoms with Crippen LogP contribution in [-0.2, 0) is 4.79 Å². The Hall–Kier alpha value is -2.44. The van der Waals surface area contributed by atoms with Crippen molar-refractivity contribution in [2.24, 2.45) is 0 Å². The maximum Gasteiger partial charge on any atom is 0.257 e. The van der Waals surface area contributed by atoms with Crippen LogP contribution >= 0.6 is 23.8 Å². The highest BCUT2D eigenvalue weighted by Gasteiger charge is 2.11. The molecule has 0 aliphatic rings. The molecule has 0 radical (unpaired) electrons. The van der Waals surface area contributed by atoms with Gasteiger partial charge in [0, 0.05) is 17.7 Å². The van der Waals surface area contributed by atoms with Gasteiger partial charge in [0.05, 0.1) is 10.7 Å². The van der Waals surface area contributed by atoms with Gasteiger partial charge in [-0.15, -0.1) is 0 Å². The average Bonchev–Trinajstić information content (AvgIpc) is 2.64. The summed E-state index contributed by atoms with van der Waals surface area (Å²) in [6.07, 6.45) is 1.20. The van der Waals surface area contributed by atoms with Gasteiger partial charge in [0.15, 0.2) is 5.11 Å². The van der Waals surface area contributed by atoms with Crippen LogP contribution in [0.2, 0.25) is 5.02 Å². The van der Waals surface area contributed by atoms with Crippen LogP contribution in [0.5, 0.6) is 0 Å². The summed E-state index contributed by atoms with van der Waals surface area (Å²) in [5.41, 5.74) is 2.77. The molecule has 7 heteroatoms. The fourth-order valence-electron chi connectivity index (χ4n) is 2.50. The van der Waals surface area contributed by atoms with E-state index in [1.807, 2.05) is 19.1 Å². The van der Waals surface area contributed by atoms with Crippen molar-refractivity contribution in [2.45, 2.75) is 39.5 Å². The summed E-state index contributed by atoms with van der Waals surface area (Å²) in [7, 11) is 0. The molecule has 148 valence electrons. The molecule has 3 N–H and O–H groups in total. The first-order valence-corrected chi connectivity index (χ1v) is 9.90. The molecule has 0 bridgehead atoms. The molecule has 0 spiro atoms. The fourth-order valence-corrected chi connectivity index (χ4v) is 2.87. The molecule has 2 aromatic rings. The van der Waals surface area contributed by atoms with E-state index in [1.54, 1.807) is 30.3 Å². The summed E-state index contributed by atoms with van der Waals surface area (Å²) in [6, 6.07) is 12.4. The quantitative estimate of drug-likeness (QED) is 0.555. The molecule has 2 amide bonds. The highest BCUT2D eigenvalue weighted by molar-refractivity contribution is 7.80. The number of thiocarbonyl (C=S) groups is 1. The summed E-state index contributed by atoms with van der Waals surface area (Å²) >= 11 is 11.4. The molecule has 28 heavy (non-hydrogen) atoms. The van der Waals surface area contributed by atoms with E-state index in [-0.39, 0.29) is 16.9 Å². The third kappa shape index (κ3) is 6.32. The Morgan fingerprint density at radius 2 is 1.75 bits per heavy atom. The number of amides is 2. The Labute approximate surface area is 175 Å². The predicted octanol–water partition coefficient (Wildman–Crippen LogP) is 5.33. The van der Waals surface area contributed by atoms with Crippen LogP contribution in [-0.4, -0.2) is 16.9 Å². The number of carbonyl (C=O) groups is 2. The van der Waals surface area contributed by atoms with Gasteiger partial charge in [-0.05, 0) is 60.5 Å². The first kappa shape index (κ1) is 21.9. The van der Waals surface area contributed by atoms with Gasteiger partial charge < -0.3 is 10.6 Å². The lowest BCUT2D eigenvalue weighted by molar-refractivity contribution is -0.116. The molecule has 0 atom stereocenters. The van der Waals surface area contributed by atoms with Crippen molar-refractivity contribution in [1.29, 1.82) is 0 Å². The monoisotopic (exact) mass is 417 g/mol. The molecule has 2 aromatic carbocycles. The number of nitrogens with one attached hydrogen (secondary N) is 3. The first-order chi connectivity index (χ1) is 13.3. The third-order valence-electron chi connectivity index (χ3n) is 4.04. The molecular weight excluding hydrogens is 394 g/mol. The maximum atomic E-state index is 12.4. The van der Waals surface area contributed by atoms with Crippen molar-refractivity contribution in [2.75, 3.05) is 10.6 Å². The number of benzene rings is 2. The zero-order valence-electron chi connectivity index (χ0n) is 16.1. The lowest BCUT2D eigenvalue weighted by atomic mass is 10.0. The van der Waals surface area contributed by atoms with Crippen molar-refractivity contribution in [3.8, 4) is 0 Å². The molecule has 0 saturated heterocycles. The van der Waals surface area contributed by atoms with Gasteiger partial charge in [-0.2, -0.15) is 0 Å². The molecule has 0 unspecified atom stereocenters. The van der Waals surface area contributed by atoms with E-state index in [9.17, 15) is 9.59 Å². The molecule has 0 aromatic heterocycles. The minimum Gasteiger partial charge on any atom is -0.331 e. The summed E-state index contributed by atoms with van der Waals surface area (Å²) in [6.45, 7) is 6.12. The van der Waals surface area contributed by atoms with E-state index in [4.69, 9.17) is 23.8 Å². The van der Waals surface area contributed by atoms with E-state index >= 15 is 0 Å². The first-order valence-electron chi connectivity index (χ1n) is 9.11. The molecule has 0 fully saturated rings. The average molecular weight is 418 g/mol. The zero-order chi connectivity index (χ0) is 20.7. The molecule has 0 saturated carbocycles. The van der Waals surface area contributed by atoms with E-state index in [0.717, 1.165) is 12.0 Å². The highest BCUT2D eigenvalue weighted by atomic mass is 35.5.